The second-order valence-corrected chi connectivity index (χ2v) is 6.84. The first-order valence-corrected chi connectivity index (χ1v) is 9.12. The van der Waals surface area contributed by atoms with Gasteiger partial charge < -0.3 is 19.4 Å². The number of aromatic nitrogens is 1. The average molecular weight is 379 g/mol. The van der Waals surface area contributed by atoms with Gasteiger partial charge in [0.15, 0.2) is 11.7 Å². The highest BCUT2D eigenvalue weighted by Gasteiger charge is 2.40. The van der Waals surface area contributed by atoms with Gasteiger partial charge >= 0.3 is 0 Å². The summed E-state index contributed by atoms with van der Waals surface area (Å²) in [6.45, 7) is 1.67. The summed E-state index contributed by atoms with van der Waals surface area (Å²) in [5, 5.41) is 2.90. The van der Waals surface area contributed by atoms with Gasteiger partial charge in [-0.15, -0.1) is 0 Å². The third-order valence-electron chi connectivity index (χ3n) is 4.92. The Hall–Kier alpha value is -3.19. The van der Waals surface area contributed by atoms with Crippen LogP contribution in [-0.2, 0) is 14.3 Å². The van der Waals surface area contributed by atoms with Crippen molar-refractivity contribution in [3.05, 3.63) is 66.1 Å². The molecule has 2 heterocycles. The van der Waals surface area contributed by atoms with Gasteiger partial charge in [-0.25, -0.2) is 4.98 Å². The van der Waals surface area contributed by atoms with Crippen molar-refractivity contribution in [2.24, 2.45) is 0 Å². The Labute approximate surface area is 162 Å². The molecule has 0 radical (unpaired) electrons. The normalized spacial score (nSPS) is 20.9. The Morgan fingerprint density at radius 3 is 2.64 bits per heavy atom. The van der Waals surface area contributed by atoms with E-state index in [0.29, 0.717) is 11.5 Å². The highest BCUT2D eigenvalue weighted by atomic mass is 16.5. The largest absolute Gasteiger partial charge is 0.438 e. The number of carbonyl (C=O) groups is 2. The van der Waals surface area contributed by atoms with E-state index in [0.717, 1.165) is 11.1 Å². The van der Waals surface area contributed by atoms with Crippen LogP contribution in [0, 0.1) is 0 Å². The van der Waals surface area contributed by atoms with Crippen molar-refractivity contribution in [3.8, 4) is 0 Å². The molecule has 144 valence electrons. The summed E-state index contributed by atoms with van der Waals surface area (Å²) in [6.07, 6.45) is -0.822. The number of likely N-dealkylation sites (N-methyl/N-ethyl adjacent to an activating group) is 1. The number of hydrogen-bond acceptors (Lipinski definition) is 5. The van der Waals surface area contributed by atoms with Crippen molar-refractivity contribution < 1.29 is 18.7 Å². The molecule has 4 rings (SSSR count). The molecule has 0 spiro atoms. The molecule has 1 aliphatic rings. The Kier molecular flexibility index (Phi) is 4.83. The molecule has 28 heavy (non-hydrogen) atoms. The lowest BCUT2D eigenvalue weighted by atomic mass is 9.97. The minimum atomic E-state index is -0.822. The molecular formula is C21H21N3O4. The van der Waals surface area contributed by atoms with Crippen molar-refractivity contribution in [2.75, 3.05) is 13.7 Å². The first kappa shape index (κ1) is 18.2. The standard InChI is InChI=1S/C21H21N3O4/c1-13(21-23-15-10-6-7-11-16(15)28-21)22-20(26)19-18(14-8-4-3-5-9-14)24(2)17(25)12-27-19/h3-11,13,18-19H,12H2,1-2H3,(H,22,26). The van der Waals surface area contributed by atoms with Crippen molar-refractivity contribution in [1.82, 2.24) is 15.2 Å². The zero-order valence-electron chi connectivity index (χ0n) is 15.7. The molecule has 1 saturated heterocycles. The molecule has 3 atom stereocenters. The van der Waals surface area contributed by atoms with Gasteiger partial charge in [0.2, 0.25) is 11.8 Å². The van der Waals surface area contributed by atoms with Gasteiger partial charge in [-0.05, 0) is 24.6 Å². The summed E-state index contributed by atoms with van der Waals surface area (Å²) in [5.74, 6) is -0.0566. The number of nitrogens with one attached hydrogen (secondary N) is 1. The molecule has 1 fully saturated rings. The molecule has 2 aromatic carbocycles. The van der Waals surface area contributed by atoms with E-state index in [1.54, 1.807) is 18.9 Å². The van der Waals surface area contributed by atoms with E-state index >= 15 is 0 Å². The molecule has 1 aliphatic heterocycles. The zero-order chi connectivity index (χ0) is 19.7. The fraction of sp³-hybridized carbons (Fsp3) is 0.286. The predicted octanol–water partition coefficient (Wildman–Crippen LogP) is 2.60. The molecule has 7 heteroatoms. The summed E-state index contributed by atoms with van der Waals surface area (Å²) in [7, 11) is 1.69. The van der Waals surface area contributed by atoms with Crippen LogP contribution in [0.1, 0.15) is 30.5 Å². The number of oxazole rings is 1. The van der Waals surface area contributed by atoms with Crippen LogP contribution >= 0.6 is 0 Å². The Bertz CT molecular complexity index is 968. The Balaban J connectivity index is 1.55. The first-order chi connectivity index (χ1) is 13.5. The van der Waals surface area contributed by atoms with Crippen LogP contribution in [0.4, 0.5) is 0 Å². The molecule has 7 nitrogen and oxygen atoms in total. The van der Waals surface area contributed by atoms with E-state index < -0.39 is 18.2 Å². The van der Waals surface area contributed by atoms with Crippen LogP contribution in [0.3, 0.4) is 0 Å². The number of para-hydroxylation sites is 2. The van der Waals surface area contributed by atoms with Gasteiger partial charge in [0.1, 0.15) is 18.2 Å². The second-order valence-electron chi connectivity index (χ2n) is 6.84. The fourth-order valence-electron chi connectivity index (χ4n) is 3.41. The lowest BCUT2D eigenvalue weighted by Crippen LogP contribution is -2.53. The molecular weight excluding hydrogens is 358 g/mol. The number of hydrogen-bond donors (Lipinski definition) is 1. The highest BCUT2D eigenvalue weighted by molar-refractivity contribution is 5.86. The van der Waals surface area contributed by atoms with E-state index in [2.05, 4.69) is 10.3 Å². The maximum Gasteiger partial charge on any atom is 0.252 e. The third kappa shape index (κ3) is 3.36. The summed E-state index contributed by atoms with van der Waals surface area (Å²) in [6, 6.07) is 15.9. The zero-order valence-corrected chi connectivity index (χ0v) is 15.7. The Morgan fingerprint density at radius 1 is 1.18 bits per heavy atom. The van der Waals surface area contributed by atoms with Crippen LogP contribution in [0.15, 0.2) is 59.0 Å². The second kappa shape index (κ2) is 7.44. The third-order valence-corrected chi connectivity index (χ3v) is 4.92. The quantitative estimate of drug-likeness (QED) is 0.753. The van der Waals surface area contributed by atoms with Crippen LogP contribution in [0.2, 0.25) is 0 Å². The fourth-order valence-corrected chi connectivity index (χ4v) is 3.41. The van der Waals surface area contributed by atoms with Gasteiger partial charge in [0.05, 0.1) is 6.04 Å². The van der Waals surface area contributed by atoms with E-state index in [1.165, 1.54) is 0 Å². The van der Waals surface area contributed by atoms with E-state index in [-0.39, 0.29) is 18.4 Å². The van der Waals surface area contributed by atoms with Crippen LogP contribution in [0.5, 0.6) is 0 Å². The maximum absolute atomic E-state index is 13.0. The van der Waals surface area contributed by atoms with Crippen molar-refractivity contribution in [3.63, 3.8) is 0 Å². The molecule has 1 N–H and O–H groups in total. The smallest absolute Gasteiger partial charge is 0.252 e. The van der Waals surface area contributed by atoms with Crippen LogP contribution < -0.4 is 5.32 Å². The van der Waals surface area contributed by atoms with Gasteiger partial charge in [0, 0.05) is 7.05 Å². The van der Waals surface area contributed by atoms with E-state index in [1.807, 2.05) is 54.6 Å². The summed E-state index contributed by atoms with van der Waals surface area (Å²) >= 11 is 0. The monoisotopic (exact) mass is 379 g/mol. The number of morpholine rings is 1. The lowest BCUT2D eigenvalue weighted by Gasteiger charge is -2.38. The molecule has 1 aromatic heterocycles. The van der Waals surface area contributed by atoms with Crippen molar-refractivity contribution >= 4 is 22.9 Å². The average Bonchev–Trinajstić information content (AvgIpc) is 3.15. The molecule has 3 aromatic rings. The van der Waals surface area contributed by atoms with Crippen LogP contribution in [-0.4, -0.2) is 41.5 Å². The first-order valence-electron chi connectivity index (χ1n) is 9.12. The number of fused-ring (bicyclic) bond motifs is 1. The van der Waals surface area contributed by atoms with Gasteiger partial charge in [-0.3, -0.25) is 9.59 Å². The molecule has 0 aliphatic carbocycles. The van der Waals surface area contributed by atoms with Gasteiger partial charge in [-0.2, -0.15) is 0 Å². The minimum Gasteiger partial charge on any atom is -0.438 e. The number of amides is 2. The minimum absolute atomic E-state index is 0.130. The van der Waals surface area contributed by atoms with Gasteiger partial charge in [0.25, 0.3) is 5.91 Å². The van der Waals surface area contributed by atoms with Crippen LogP contribution in [0.25, 0.3) is 11.1 Å². The number of nitrogens with zero attached hydrogens (tertiary/aromatic N) is 2. The lowest BCUT2D eigenvalue weighted by molar-refractivity contribution is -0.162. The van der Waals surface area contributed by atoms with Gasteiger partial charge in [-0.1, -0.05) is 42.5 Å². The topological polar surface area (TPSA) is 84.7 Å². The van der Waals surface area contributed by atoms with E-state index in [9.17, 15) is 9.59 Å². The van der Waals surface area contributed by atoms with E-state index in [4.69, 9.17) is 9.15 Å². The van der Waals surface area contributed by atoms with Crippen molar-refractivity contribution in [2.45, 2.75) is 25.1 Å². The maximum atomic E-state index is 13.0. The summed E-state index contributed by atoms with van der Waals surface area (Å²) in [5.41, 5.74) is 2.24. The SMILES string of the molecule is CC(NC(=O)C1OCC(=O)N(C)C1c1ccccc1)c1nc2ccccc2o1. The highest BCUT2D eigenvalue weighted by Crippen LogP contribution is 2.29. The summed E-state index contributed by atoms with van der Waals surface area (Å²) < 4.78 is 11.4. The number of ether oxygens (including phenoxy) is 1. The number of rotatable bonds is 4. The molecule has 3 unspecified atom stereocenters. The molecule has 0 bridgehead atoms. The molecule has 2 amide bonds. The Morgan fingerprint density at radius 2 is 1.89 bits per heavy atom. The number of benzene rings is 2. The number of carbonyl (C=O) groups excluding carboxylic acids is 2. The predicted molar refractivity (Wildman–Crippen MR) is 102 cm³/mol. The summed E-state index contributed by atoms with van der Waals surface area (Å²) in [4.78, 5) is 31.1. The van der Waals surface area contributed by atoms with Crippen molar-refractivity contribution in [1.29, 1.82) is 0 Å². The molecule has 0 saturated carbocycles.